The van der Waals surface area contributed by atoms with Crippen molar-refractivity contribution < 1.29 is 12.8 Å². The number of benzene rings is 7. The molecule has 270 valence electrons. The Balaban J connectivity index is 1.15. The predicted molar refractivity (Wildman–Crippen MR) is 223 cm³/mol. The first-order chi connectivity index (χ1) is 26.9. The number of furan rings is 1. The first kappa shape index (κ1) is 32.8. The van der Waals surface area contributed by atoms with Gasteiger partial charge in [-0.2, -0.15) is 0 Å². The molecule has 2 heterocycles. The molecule has 2 fully saturated rings. The summed E-state index contributed by atoms with van der Waals surface area (Å²) >= 11 is 0. The van der Waals surface area contributed by atoms with E-state index in [0.717, 1.165) is 97.7 Å². The molecule has 11 rings (SSSR count). The number of fused-ring (bicyclic) bond motifs is 6. The van der Waals surface area contributed by atoms with Crippen molar-refractivity contribution in [3.63, 3.8) is 0 Å². The van der Waals surface area contributed by atoms with Crippen LogP contribution in [0, 0.1) is 17.8 Å². The van der Waals surface area contributed by atoms with E-state index in [1.54, 1.807) is 0 Å². The zero-order valence-electron chi connectivity index (χ0n) is 30.8. The molecule has 3 aliphatic rings. The van der Waals surface area contributed by atoms with Crippen LogP contribution in [0.4, 0.5) is 17.1 Å². The Hall–Kier alpha value is -5.65. The second-order valence-electron chi connectivity index (χ2n) is 16.1. The van der Waals surface area contributed by atoms with Crippen LogP contribution in [0.3, 0.4) is 0 Å². The molecule has 0 amide bonds. The molecule has 2 unspecified atom stereocenters. The summed E-state index contributed by atoms with van der Waals surface area (Å²) in [6.45, 7) is 2.39. The number of hydrogen-bond donors (Lipinski definition) is 0. The molecular weight excluding hydrogens is 695 g/mol. The molecule has 2 aliphatic carbocycles. The lowest BCUT2D eigenvalue weighted by atomic mass is 9.48. The summed E-state index contributed by atoms with van der Waals surface area (Å²) in [6, 6.07) is 52.2. The summed E-state index contributed by atoms with van der Waals surface area (Å²) in [7, 11) is -3.81. The molecule has 0 saturated heterocycles. The van der Waals surface area contributed by atoms with Gasteiger partial charge in [-0.1, -0.05) is 123 Å². The minimum absolute atomic E-state index is 0.310. The number of sulfone groups is 1. The van der Waals surface area contributed by atoms with E-state index >= 15 is 0 Å². The maximum Gasteiger partial charge on any atom is 0.207 e. The van der Waals surface area contributed by atoms with Crippen molar-refractivity contribution in [2.45, 2.75) is 54.2 Å². The van der Waals surface area contributed by atoms with Crippen LogP contribution in [-0.4, -0.2) is 8.42 Å². The van der Waals surface area contributed by atoms with E-state index in [2.05, 4.69) is 121 Å². The molecule has 5 heteroatoms. The normalized spacial score (nSPS) is 22.5. The highest BCUT2D eigenvalue weighted by molar-refractivity contribution is 7.91. The third-order valence-electron chi connectivity index (χ3n) is 13.2. The minimum Gasteiger partial charge on any atom is -0.455 e. The van der Waals surface area contributed by atoms with Crippen molar-refractivity contribution in [3.8, 4) is 11.1 Å². The first-order valence-electron chi connectivity index (χ1n) is 19.7. The van der Waals surface area contributed by atoms with E-state index in [-0.39, 0.29) is 5.41 Å². The van der Waals surface area contributed by atoms with E-state index in [4.69, 9.17) is 4.42 Å². The SMILES string of the molecule is CC1C[C@H]2CCC[C@@H](C1)C21c2ccccc2S(=O)(=O)c2cc(N(c3cccc(-c4cccc5c4oc4ccccc45)c3)c3cccc4ccccc34)ccc21. The van der Waals surface area contributed by atoms with Crippen LogP contribution in [0.1, 0.15) is 50.2 Å². The lowest BCUT2D eigenvalue weighted by Gasteiger charge is -2.57. The first-order valence-corrected chi connectivity index (χ1v) is 21.2. The molecule has 8 aromatic rings. The van der Waals surface area contributed by atoms with Crippen molar-refractivity contribution in [1.82, 2.24) is 0 Å². The van der Waals surface area contributed by atoms with Gasteiger partial charge >= 0.3 is 0 Å². The Morgan fingerprint density at radius 1 is 0.618 bits per heavy atom. The number of anilines is 3. The molecule has 1 aromatic heterocycles. The van der Waals surface area contributed by atoms with Gasteiger partial charge in [-0.25, -0.2) is 8.42 Å². The average Bonchev–Trinajstić information content (AvgIpc) is 3.60. The van der Waals surface area contributed by atoms with Crippen molar-refractivity contribution in [2.75, 3.05) is 4.90 Å². The standard InChI is InChI=1S/C50H41NO3S/c1-32-28-35-15-10-16-36(29-32)50(35)43-22-5-7-25-47(43)55(52,53)48-31-38(26-27-44(48)50)51(45-23-9-13-33-12-2-3-18-39(33)45)37-17-8-14-34(30-37)40-20-11-21-42-41-19-4-6-24-46(41)54-49(40)42/h2-9,11-14,17-27,30-32,35-36H,10,15-16,28-29H2,1H3/t32?,35-,36+,50?. The highest BCUT2D eigenvalue weighted by Gasteiger charge is 2.58. The summed E-state index contributed by atoms with van der Waals surface area (Å²) in [5.74, 6) is 1.44. The third kappa shape index (κ3) is 4.72. The predicted octanol–water partition coefficient (Wildman–Crippen LogP) is 13.2. The van der Waals surface area contributed by atoms with Gasteiger partial charge in [-0.15, -0.1) is 0 Å². The van der Waals surface area contributed by atoms with E-state index < -0.39 is 9.84 Å². The molecule has 1 spiro atoms. The van der Waals surface area contributed by atoms with E-state index in [1.807, 2.05) is 42.5 Å². The summed E-state index contributed by atoms with van der Waals surface area (Å²) in [6.07, 6.45) is 5.71. The molecule has 0 N–H and O–H groups in total. The van der Waals surface area contributed by atoms with Crippen molar-refractivity contribution >= 4 is 59.6 Å². The number of hydrogen-bond acceptors (Lipinski definition) is 4. The van der Waals surface area contributed by atoms with E-state index in [1.165, 1.54) is 6.42 Å². The fourth-order valence-corrected chi connectivity index (χ4v) is 12.9. The zero-order chi connectivity index (χ0) is 36.9. The van der Waals surface area contributed by atoms with Crippen LogP contribution < -0.4 is 4.90 Å². The van der Waals surface area contributed by atoms with Crippen molar-refractivity contribution in [2.24, 2.45) is 17.8 Å². The lowest BCUT2D eigenvalue weighted by molar-refractivity contribution is 0.0488. The minimum atomic E-state index is -3.81. The van der Waals surface area contributed by atoms with Crippen LogP contribution in [0.5, 0.6) is 0 Å². The molecule has 4 atom stereocenters. The van der Waals surface area contributed by atoms with Gasteiger partial charge < -0.3 is 9.32 Å². The van der Waals surface area contributed by atoms with Gasteiger partial charge in [0.05, 0.1) is 15.5 Å². The number of rotatable bonds is 4. The average molecular weight is 736 g/mol. The van der Waals surface area contributed by atoms with Crippen molar-refractivity contribution in [3.05, 3.63) is 163 Å². The highest BCUT2D eigenvalue weighted by atomic mass is 32.2. The summed E-state index contributed by atoms with van der Waals surface area (Å²) in [5, 5.41) is 4.39. The van der Waals surface area contributed by atoms with Crippen molar-refractivity contribution in [1.29, 1.82) is 0 Å². The van der Waals surface area contributed by atoms with Gasteiger partial charge in [-0.05, 0) is 108 Å². The zero-order valence-corrected chi connectivity index (χ0v) is 31.6. The summed E-state index contributed by atoms with van der Waals surface area (Å²) < 4.78 is 36.4. The van der Waals surface area contributed by atoms with Gasteiger partial charge in [0, 0.05) is 38.5 Å². The smallest absolute Gasteiger partial charge is 0.207 e. The van der Waals surface area contributed by atoms with Crippen LogP contribution in [0.25, 0.3) is 43.8 Å². The fraction of sp³-hybridized carbons (Fsp3) is 0.200. The Kier molecular flexibility index (Phi) is 7.25. The number of para-hydroxylation sites is 2. The molecule has 4 nitrogen and oxygen atoms in total. The summed E-state index contributed by atoms with van der Waals surface area (Å²) in [4.78, 5) is 3.20. The lowest BCUT2D eigenvalue weighted by Crippen LogP contribution is -2.53. The van der Waals surface area contributed by atoms with Gasteiger partial charge in [0.1, 0.15) is 11.2 Å². The molecule has 1 aliphatic heterocycles. The van der Waals surface area contributed by atoms with Crippen LogP contribution in [0.2, 0.25) is 0 Å². The van der Waals surface area contributed by atoms with Crippen LogP contribution in [-0.2, 0) is 15.3 Å². The quantitative estimate of drug-likeness (QED) is 0.181. The summed E-state index contributed by atoms with van der Waals surface area (Å²) in [5.41, 5.74) is 8.22. The Morgan fingerprint density at radius 2 is 1.29 bits per heavy atom. The van der Waals surface area contributed by atoms with Gasteiger partial charge in [0.2, 0.25) is 9.84 Å². The fourth-order valence-electron chi connectivity index (χ4n) is 11.1. The maximum atomic E-state index is 15.0. The molecule has 55 heavy (non-hydrogen) atoms. The maximum absolute atomic E-state index is 15.0. The van der Waals surface area contributed by atoms with E-state index in [9.17, 15) is 8.42 Å². The molecular formula is C50H41NO3S. The highest BCUT2D eigenvalue weighted by Crippen LogP contribution is 2.63. The van der Waals surface area contributed by atoms with Gasteiger partial charge in [0.15, 0.2) is 0 Å². The Morgan fingerprint density at radius 3 is 2.16 bits per heavy atom. The second-order valence-corrected chi connectivity index (χ2v) is 18.0. The van der Waals surface area contributed by atoms with Crippen LogP contribution in [0.15, 0.2) is 166 Å². The van der Waals surface area contributed by atoms with Crippen LogP contribution >= 0.6 is 0 Å². The second kappa shape index (κ2) is 12.2. The molecule has 2 bridgehead atoms. The largest absolute Gasteiger partial charge is 0.455 e. The van der Waals surface area contributed by atoms with Gasteiger partial charge in [-0.3, -0.25) is 0 Å². The van der Waals surface area contributed by atoms with Gasteiger partial charge in [0.25, 0.3) is 0 Å². The topological polar surface area (TPSA) is 50.5 Å². The third-order valence-corrected chi connectivity index (χ3v) is 15.0. The Bertz CT molecular complexity index is 2920. The number of nitrogens with zero attached hydrogens (tertiary/aromatic N) is 1. The molecule has 7 aromatic carbocycles. The molecule has 2 saturated carbocycles. The monoisotopic (exact) mass is 735 g/mol. The Labute approximate surface area is 322 Å². The van der Waals surface area contributed by atoms with E-state index in [0.29, 0.717) is 27.5 Å². The molecule has 0 radical (unpaired) electrons.